The van der Waals surface area contributed by atoms with E-state index in [1.165, 1.54) is 6.07 Å². The quantitative estimate of drug-likeness (QED) is 0.390. The Morgan fingerprint density at radius 3 is 2.60 bits per heavy atom. The van der Waals surface area contributed by atoms with Gasteiger partial charge >= 0.3 is 0 Å². The molecule has 0 aliphatic carbocycles. The van der Waals surface area contributed by atoms with Gasteiger partial charge in [-0.1, -0.05) is 49.2 Å². The molecule has 0 radical (unpaired) electrons. The second-order valence-corrected chi connectivity index (χ2v) is 10.4. The van der Waals surface area contributed by atoms with Crippen molar-refractivity contribution < 1.29 is 13.0 Å². The van der Waals surface area contributed by atoms with Gasteiger partial charge in [-0.05, 0) is 72.0 Å². The molecule has 1 aliphatic heterocycles. The van der Waals surface area contributed by atoms with E-state index in [1.807, 2.05) is 44.2 Å². The van der Waals surface area contributed by atoms with Crippen molar-refractivity contribution in [1.82, 2.24) is 4.90 Å². The fraction of sp³-hybridized carbons (Fsp3) is 0.435. The van der Waals surface area contributed by atoms with E-state index < -0.39 is 16.2 Å². The largest absolute Gasteiger partial charge is 0.294 e. The smallest absolute Gasteiger partial charge is 0.282 e. The fourth-order valence-electron chi connectivity index (χ4n) is 4.64. The zero-order valence-corrected chi connectivity index (χ0v) is 20.2. The van der Waals surface area contributed by atoms with Crippen LogP contribution in [-0.4, -0.2) is 30.5 Å². The molecule has 3 atom stereocenters. The Balaban J connectivity index is 2.08. The van der Waals surface area contributed by atoms with Gasteiger partial charge in [0.25, 0.3) is 10.1 Å². The van der Waals surface area contributed by atoms with E-state index in [0.717, 1.165) is 46.9 Å². The number of likely N-dealkylation sites (tertiary alicyclic amines) is 1. The van der Waals surface area contributed by atoms with Gasteiger partial charge in [-0.3, -0.25) is 9.45 Å². The number of nitrogens with zero attached hydrogens (tertiary/aromatic N) is 2. The van der Waals surface area contributed by atoms with E-state index in [9.17, 15) is 18.2 Å². The van der Waals surface area contributed by atoms with Crippen molar-refractivity contribution in [2.75, 3.05) is 6.54 Å². The summed E-state index contributed by atoms with van der Waals surface area (Å²) in [5.74, 6) is -0.0978. The predicted octanol–water partition coefficient (Wildman–Crippen LogP) is 5.46. The minimum atomic E-state index is -4.33. The van der Waals surface area contributed by atoms with Crippen molar-refractivity contribution in [3.63, 3.8) is 0 Å². The lowest BCUT2D eigenvalue weighted by atomic mass is 9.81. The average molecular weight is 538 g/mol. The third-order valence-electron chi connectivity index (χ3n) is 5.99. The molecular formula is C23H27IN2O3S. The van der Waals surface area contributed by atoms with E-state index in [-0.39, 0.29) is 16.9 Å². The first kappa shape index (κ1) is 23.2. The maximum absolute atomic E-state index is 12.1. The summed E-state index contributed by atoms with van der Waals surface area (Å²) in [7, 11) is -4.33. The maximum atomic E-state index is 12.1. The molecule has 1 heterocycles. The van der Waals surface area contributed by atoms with Crippen molar-refractivity contribution in [3.8, 4) is 6.07 Å². The Bertz CT molecular complexity index is 1050. The van der Waals surface area contributed by atoms with Crippen molar-refractivity contribution >= 4 is 32.7 Å². The molecule has 0 amide bonds. The molecular weight excluding hydrogens is 511 g/mol. The van der Waals surface area contributed by atoms with E-state index in [4.69, 9.17) is 0 Å². The molecule has 0 spiro atoms. The van der Waals surface area contributed by atoms with Gasteiger partial charge in [0, 0.05) is 22.1 Å². The molecule has 30 heavy (non-hydrogen) atoms. The molecule has 7 heteroatoms. The van der Waals surface area contributed by atoms with Crippen LogP contribution in [0.15, 0.2) is 47.4 Å². The molecule has 1 saturated heterocycles. The van der Waals surface area contributed by atoms with Gasteiger partial charge in [-0.2, -0.15) is 13.7 Å². The van der Waals surface area contributed by atoms with E-state index in [2.05, 4.69) is 33.6 Å². The second-order valence-electron chi connectivity index (χ2n) is 7.89. The van der Waals surface area contributed by atoms with Crippen LogP contribution in [0, 0.1) is 21.8 Å². The van der Waals surface area contributed by atoms with Gasteiger partial charge in [0.2, 0.25) is 0 Å². The Morgan fingerprint density at radius 2 is 1.97 bits per heavy atom. The standard InChI is InChI=1S/C23H27IN2O3S/c1-3-17(19-14-16(2)11-12-23(19)30(27,28)29)21-10-6-7-13-26(21)22(15-25)18-8-4-5-9-20(18)24/h4-5,8-9,11-12,14,17,21-22H,3,6-7,10,13H2,1-2H3,(H,27,28,29). The van der Waals surface area contributed by atoms with Gasteiger partial charge in [0.1, 0.15) is 6.04 Å². The minimum Gasteiger partial charge on any atom is -0.282 e. The van der Waals surface area contributed by atoms with Crippen molar-refractivity contribution in [1.29, 1.82) is 5.26 Å². The molecule has 0 saturated carbocycles. The molecule has 5 nitrogen and oxygen atoms in total. The number of aryl methyl sites for hydroxylation is 1. The highest BCUT2D eigenvalue weighted by molar-refractivity contribution is 14.1. The molecule has 3 unspecified atom stereocenters. The normalized spacial score (nSPS) is 19.8. The van der Waals surface area contributed by atoms with Gasteiger partial charge in [0.05, 0.1) is 11.0 Å². The predicted molar refractivity (Wildman–Crippen MR) is 126 cm³/mol. The van der Waals surface area contributed by atoms with Crippen LogP contribution >= 0.6 is 22.6 Å². The number of benzene rings is 2. The first-order valence-electron chi connectivity index (χ1n) is 10.3. The first-order chi connectivity index (χ1) is 14.3. The second kappa shape index (κ2) is 9.77. The molecule has 3 rings (SSSR count). The van der Waals surface area contributed by atoms with Crippen molar-refractivity contribution in [3.05, 3.63) is 62.7 Å². The Morgan fingerprint density at radius 1 is 1.23 bits per heavy atom. The van der Waals surface area contributed by atoms with Crippen molar-refractivity contribution in [2.24, 2.45) is 0 Å². The van der Waals surface area contributed by atoms with E-state index in [0.29, 0.717) is 5.56 Å². The number of nitriles is 1. The van der Waals surface area contributed by atoms with Crippen LogP contribution in [0.5, 0.6) is 0 Å². The highest BCUT2D eigenvalue weighted by Gasteiger charge is 2.37. The van der Waals surface area contributed by atoms with Crippen LogP contribution in [0.2, 0.25) is 0 Å². The number of rotatable bonds is 6. The van der Waals surface area contributed by atoms with Gasteiger partial charge in [-0.15, -0.1) is 0 Å². The summed E-state index contributed by atoms with van der Waals surface area (Å²) >= 11 is 2.27. The molecule has 0 aromatic heterocycles. The molecule has 1 N–H and O–H groups in total. The summed E-state index contributed by atoms with van der Waals surface area (Å²) in [6.45, 7) is 4.76. The highest BCUT2D eigenvalue weighted by atomic mass is 127. The first-order valence-corrected chi connectivity index (χ1v) is 12.8. The Kier molecular flexibility index (Phi) is 7.56. The molecule has 1 aliphatic rings. The lowest BCUT2D eigenvalue weighted by Crippen LogP contribution is -2.45. The SMILES string of the molecule is CCC(c1cc(C)ccc1S(=O)(=O)O)C1CCCCN1C(C#N)c1ccccc1I. The van der Waals surface area contributed by atoms with Crippen LogP contribution in [0.25, 0.3) is 0 Å². The number of halogens is 1. The average Bonchev–Trinajstić information content (AvgIpc) is 2.71. The summed E-state index contributed by atoms with van der Waals surface area (Å²) in [6.07, 6.45) is 3.65. The summed E-state index contributed by atoms with van der Waals surface area (Å²) in [5, 5.41) is 10.1. The van der Waals surface area contributed by atoms with Gasteiger partial charge in [-0.25, -0.2) is 0 Å². The molecule has 2 aromatic carbocycles. The van der Waals surface area contributed by atoms with E-state index in [1.54, 1.807) is 6.07 Å². The lowest BCUT2D eigenvalue weighted by molar-refractivity contribution is 0.0967. The molecule has 1 fully saturated rings. The summed E-state index contributed by atoms with van der Waals surface area (Å²) < 4.78 is 35.1. The topological polar surface area (TPSA) is 81.4 Å². The van der Waals surface area contributed by atoms with Crippen LogP contribution in [0.1, 0.15) is 61.3 Å². The maximum Gasteiger partial charge on any atom is 0.294 e. The zero-order chi connectivity index (χ0) is 21.9. The van der Waals surface area contributed by atoms with Gasteiger partial charge in [0.15, 0.2) is 0 Å². The fourth-order valence-corrected chi connectivity index (χ4v) is 6.07. The van der Waals surface area contributed by atoms with Crippen LogP contribution in [0.3, 0.4) is 0 Å². The summed E-state index contributed by atoms with van der Waals surface area (Å²) in [6, 6.07) is 15.1. The third kappa shape index (κ3) is 4.88. The summed E-state index contributed by atoms with van der Waals surface area (Å²) in [5.41, 5.74) is 2.59. The number of piperidine rings is 1. The molecule has 2 aromatic rings. The Labute approximate surface area is 193 Å². The highest BCUT2D eigenvalue weighted by Crippen LogP contribution is 2.40. The van der Waals surface area contributed by atoms with Crippen LogP contribution in [-0.2, 0) is 10.1 Å². The minimum absolute atomic E-state index is 0.0201. The molecule has 0 bridgehead atoms. The zero-order valence-electron chi connectivity index (χ0n) is 17.3. The van der Waals surface area contributed by atoms with Crippen LogP contribution in [0.4, 0.5) is 0 Å². The number of hydrogen-bond donors (Lipinski definition) is 1. The third-order valence-corrected chi connectivity index (χ3v) is 7.90. The lowest BCUT2D eigenvalue weighted by Gasteiger charge is -2.43. The van der Waals surface area contributed by atoms with Crippen molar-refractivity contribution in [2.45, 2.75) is 62.4 Å². The van der Waals surface area contributed by atoms with Gasteiger partial charge < -0.3 is 0 Å². The van der Waals surface area contributed by atoms with E-state index >= 15 is 0 Å². The number of hydrogen-bond acceptors (Lipinski definition) is 4. The summed E-state index contributed by atoms with van der Waals surface area (Å²) in [4.78, 5) is 2.22. The monoisotopic (exact) mass is 538 g/mol. The Hall–Kier alpha value is -1.47. The molecule has 160 valence electrons. The van der Waals surface area contributed by atoms with Crippen LogP contribution < -0.4 is 0 Å².